The van der Waals surface area contributed by atoms with Crippen molar-refractivity contribution in [1.29, 1.82) is 0 Å². The van der Waals surface area contributed by atoms with Crippen LogP contribution in [-0.2, 0) is 6.42 Å². The average molecular weight is 428 g/mol. The van der Waals surface area contributed by atoms with E-state index in [-0.39, 0.29) is 12.3 Å². The number of hydrogen-bond acceptors (Lipinski definition) is 3. The Morgan fingerprint density at radius 3 is 2.55 bits per heavy atom. The molecule has 2 aromatic carbocycles. The van der Waals surface area contributed by atoms with Crippen molar-refractivity contribution >= 4 is 16.6 Å². The van der Waals surface area contributed by atoms with Gasteiger partial charge in [-0.3, -0.25) is 0 Å². The lowest BCUT2D eigenvalue weighted by atomic mass is 9.70. The van der Waals surface area contributed by atoms with Gasteiger partial charge in [0.1, 0.15) is 5.82 Å². The van der Waals surface area contributed by atoms with Crippen LogP contribution in [0.5, 0.6) is 0 Å². The molecular formula is C25H28F3N3. The van der Waals surface area contributed by atoms with Crippen molar-refractivity contribution in [1.82, 2.24) is 9.97 Å². The van der Waals surface area contributed by atoms with Crippen LogP contribution < -0.4 is 5.32 Å². The van der Waals surface area contributed by atoms with Gasteiger partial charge in [0, 0.05) is 17.3 Å². The minimum absolute atomic E-state index is 0.0929. The SMILES string of the molecule is CCc1ccc2c(c1C)C(CC)CC(C(F)(F)F)C2Nc1cccc2nc(C)ncc12. The first-order valence-corrected chi connectivity index (χ1v) is 10.9. The van der Waals surface area contributed by atoms with Gasteiger partial charge < -0.3 is 5.32 Å². The van der Waals surface area contributed by atoms with Crippen molar-refractivity contribution in [2.45, 2.75) is 65.1 Å². The van der Waals surface area contributed by atoms with Crippen LogP contribution in [0.2, 0.25) is 0 Å². The molecule has 1 aliphatic rings. The quantitative estimate of drug-likeness (QED) is 0.485. The first-order chi connectivity index (χ1) is 14.7. The van der Waals surface area contributed by atoms with Gasteiger partial charge in [0.15, 0.2) is 0 Å². The zero-order valence-electron chi connectivity index (χ0n) is 18.3. The number of alkyl halides is 3. The highest BCUT2D eigenvalue weighted by molar-refractivity contribution is 5.90. The molecule has 164 valence electrons. The minimum Gasteiger partial charge on any atom is -0.377 e. The number of fused-ring (bicyclic) bond motifs is 2. The summed E-state index contributed by atoms with van der Waals surface area (Å²) in [4.78, 5) is 8.69. The Hall–Kier alpha value is -2.63. The molecule has 0 fully saturated rings. The lowest BCUT2D eigenvalue weighted by Crippen LogP contribution is -2.38. The summed E-state index contributed by atoms with van der Waals surface area (Å²) in [6.07, 6.45) is -0.943. The largest absolute Gasteiger partial charge is 0.394 e. The van der Waals surface area contributed by atoms with Gasteiger partial charge in [0.2, 0.25) is 0 Å². The fourth-order valence-corrected chi connectivity index (χ4v) is 5.08. The molecule has 3 nitrogen and oxygen atoms in total. The van der Waals surface area contributed by atoms with Gasteiger partial charge in [-0.15, -0.1) is 0 Å². The molecule has 0 aliphatic heterocycles. The van der Waals surface area contributed by atoms with Crippen LogP contribution in [-0.4, -0.2) is 16.1 Å². The van der Waals surface area contributed by atoms with Gasteiger partial charge in [-0.1, -0.05) is 32.0 Å². The van der Waals surface area contributed by atoms with Gasteiger partial charge in [-0.05, 0) is 73.4 Å². The maximum absolute atomic E-state index is 14.2. The molecule has 0 spiro atoms. The van der Waals surface area contributed by atoms with E-state index in [1.54, 1.807) is 13.1 Å². The molecule has 0 amide bonds. The van der Waals surface area contributed by atoms with E-state index in [2.05, 4.69) is 29.1 Å². The zero-order valence-corrected chi connectivity index (χ0v) is 18.3. The molecule has 3 aromatic rings. The van der Waals surface area contributed by atoms with Gasteiger partial charge in [0.05, 0.1) is 17.5 Å². The highest BCUT2D eigenvalue weighted by Crippen LogP contribution is 2.51. The molecule has 31 heavy (non-hydrogen) atoms. The summed E-state index contributed by atoms with van der Waals surface area (Å²) in [5.74, 6) is -0.919. The summed E-state index contributed by atoms with van der Waals surface area (Å²) in [6.45, 7) is 7.93. The van der Waals surface area contributed by atoms with Crippen LogP contribution in [0.25, 0.3) is 10.9 Å². The molecule has 4 rings (SSSR count). The van der Waals surface area contributed by atoms with Gasteiger partial charge in [-0.2, -0.15) is 13.2 Å². The van der Waals surface area contributed by atoms with Crippen LogP contribution in [0.3, 0.4) is 0 Å². The number of hydrogen-bond donors (Lipinski definition) is 1. The van der Waals surface area contributed by atoms with E-state index in [0.717, 1.165) is 34.0 Å². The van der Waals surface area contributed by atoms with Crippen molar-refractivity contribution in [3.8, 4) is 0 Å². The van der Waals surface area contributed by atoms with Crippen LogP contribution >= 0.6 is 0 Å². The summed E-state index contributed by atoms with van der Waals surface area (Å²) in [5.41, 5.74) is 5.55. The molecule has 1 aliphatic carbocycles. The molecule has 0 saturated heterocycles. The first kappa shape index (κ1) is 21.6. The molecule has 1 N–H and O–H groups in total. The van der Waals surface area contributed by atoms with Crippen molar-refractivity contribution < 1.29 is 13.2 Å². The van der Waals surface area contributed by atoms with Crippen molar-refractivity contribution in [3.63, 3.8) is 0 Å². The second-order valence-corrected chi connectivity index (χ2v) is 8.47. The lowest BCUT2D eigenvalue weighted by molar-refractivity contribution is -0.184. The Balaban J connectivity index is 1.87. The fraction of sp³-hybridized carbons (Fsp3) is 0.440. The van der Waals surface area contributed by atoms with Gasteiger partial charge in [0.25, 0.3) is 0 Å². The highest BCUT2D eigenvalue weighted by atomic mass is 19.4. The topological polar surface area (TPSA) is 37.8 Å². The number of aromatic nitrogens is 2. The zero-order chi connectivity index (χ0) is 22.3. The third-order valence-electron chi connectivity index (χ3n) is 6.70. The number of nitrogens with one attached hydrogen (secondary N) is 1. The van der Waals surface area contributed by atoms with Crippen LogP contribution in [0.15, 0.2) is 36.5 Å². The molecule has 0 saturated carbocycles. The Morgan fingerprint density at radius 1 is 1.10 bits per heavy atom. The van der Waals surface area contributed by atoms with E-state index in [0.29, 0.717) is 17.9 Å². The second-order valence-electron chi connectivity index (χ2n) is 8.47. The van der Waals surface area contributed by atoms with E-state index in [9.17, 15) is 13.2 Å². The predicted octanol–water partition coefficient (Wildman–Crippen LogP) is 7.04. The van der Waals surface area contributed by atoms with Crippen molar-refractivity contribution in [2.75, 3.05) is 5.32 Å². The first-order valence-electron chi connectivity index (χ1n) is 10.9. The van der Waals surface area contributed by atoms with Crippen LogP contribution in [0.1, 0.15) is 66.7 Å². The molecule has 0 bridgehead atoms. The lowest BCUT2D eigenvalue weighted by Gasteiger charge is -2.41. The molecule has 0 radical (unpaired) electrons. The molecule has 6 heteroatoms. The number of nitrogens with zero attached hydrogens (tertiary/aromatic N) is 2. The van der Waals surface area contributed by atoms with E-state index < -0.39 is 18.1 Å². The maximum atomic E-state index is 14.2. The van der Waals surface area contributed by atoms with Crippen LogP contribution in [0.4, 0.5) is 18.9 Å². The van der Waals surface area contributed by atoms with E-state index in [1.807, 2.05) is 37.3 Å². The third kappa shape index (κ3) is 3.88. The molecule has 1 aromatic heterocycles. The Bertz CT molecular complexity index is 1110. The number of rotatable bonds is 4. The minimum atomic E-state index is -4.29. The van der Waals surface area contributed by atoms with Crippen molar-refractivity contribution in [3.05, 3.63) is 64.6 Å². The number of benzene rings is 2. The molecule has 3 unspecified atom stereocenters. The van der Waals surface area contributed by atoms with Crippen molar-refractivity contribution in [2.24, 2.45) is 5.92 Å². The van der Waals surface area contributed by atoms with Gasteiger partial charge >= 0.3 is 6.18 Å². The van der Waals surface area contributed by atoms with Gasteiger partial charge in [-0.25, -0.2) is 9.97 Å². The third-order valence-corrected chi connectivity index (χ3v) is 6.70. The van der Waals surface area contributed by atoms with E-state index in [1.165, 1.54) is 5.56 Å². The summed E-state index contributed by atoms with van der Waals surface area (Å²) in [5, 5.41) is 4.00. The molecule has 1 heterocycles. The Kier molecular flexibility index (Phi) is 5.67. The Morgan fingerprint density at radius 2 is 1.87 bits per heavy atom. The molecule has 3 atom stereocenters. The highest BCUT2D eigenvalue weighted by Gasteiger charge is 2.50. The summed E-state index contributed by atoms with van der Waals surface area (Å²) >= 11 is 0. The second kappa shape index (κ2) is 8.13. The monoisotopic (exact) mass is 427 g/mol. The average Bonchev–Trinajstić information content (AvgIpc) is 2.73. The predicted molar refractivity (Wildman–Crippen MR) is 118 cm³/mol. The standard InChI is InChI=1S/C25H28F3N3/c1-5-16-10-11-18-23(14(16)3)17(6-2)12-20(25(26,27)28)24(18)31-22-9-7-8-21-19(22)13-29-15(4)30-21/h7-11,13,17,20,24,31H,5-6,12H2,1-4H3. The fourth-order valence-electron chi connectivity index (χ4n) is 5.08. The van der Waals surface area contributed by atoms with E-state index in [4.69, 9.17) is 0 Å². The maximum Gasteiger partial charge on any atom is 0.394 e. The number of halogens is 3. The smallest absolute Gasteiger partial charge is 0.377 e. The summed E-state index contributed by atoms with van der Waals surface area (Å²) in [7, 11) is 0. The summed E-state index contributed by atoms with van der Waals surface area (Å²) < 4.78 is 42.7. The molecular weight excluding hydrogens is 399 g/mol. The number of anilines is 1. The van der Waals surface area contributed by atoms with E-state index >= 15 is 0 Å². The van der Waals surface area contributed by atoms with Crippen LogP contribution in [0, 0.1) is 19.8 Å². The summed E-state index contributed by atoms with van der Waals surface area (Å²) in [6, 6.07) is 8.54. The Labute approximate surface area is 181 Å². The normalized spacial score (nSPS) is 21.2. The number of aryl methyl sites for hydroxylation is 2.